The molecular formula is C14H27FN4OSSi. The van der Waals surface area contributed by atoms with Crippen LogP contribution in [0.3, 0.4) is 0 Å². The Bertz CT molecular complexity index is 639. The lowest BCUT2D eigenvalue weighted by molar-refractivity contribution is 0.400. The third-order valence-electron chi connectivity index (χ3n) is 3.91. The average Bonchev–Trinajstić information content (AvgIpc) is 2.24. The minimum atomic E-state index is -3.46. The van der Waals surface area contributed by atoms with E-state index in [1.54, 1.807) is 0 Å². The van der Waals surface area contributed by atoms with Gasteiger partial charge in [-0.1, -0.05) is 33.9 Å². The second kappa shape index (κ2) is 6.35. The largest absolute Gasteiger partial charge is 0.305 e. The first-order valence-electron chi connectivity index (χ1n) is 7.13. The molecule has 0 aliphatic heterocycles. The van der Waals surface area contributed by atoms with Crippen LogP contribution in [-0.4, -0.2) is 36.4 Å². The fourth-order valence-electron chi connectivity index (χ4n) is 1.69. The zero-order valence-corrected chi connectivity index (χ0v) is 16.3. The van der Waals surface area contributed by atoms with Crippen LogP contribution in [0.15, 0.2) is 17.3 Å². The Morgan fingerprint density at radius 3 is 2.36 bits per heavy atom. The van der Waals surface area contributed by atoms with Crippen LogP contribution in [0.1, 0.15) is 26.3 Å². The van der Waals surface area contributed by atoms with Crippen molar-refractivity contribution in [3.8, 4) is 0 Å². The Balaban J connectivity index is 3.14. The highest BCUT2D eigenvalue weighted by molar-refractivity contribution is 7.91. The van der Waals surface area contributed by atoms with Crippen molar-refractivity contribution in [3.05, 3.63) is 23.6 Å². The topological polar surface area (TPSA) is 69.1 Å². The summed E-state index contributed by atoms with van der Waals surface area (Å²) in [6.07, 6.45) is 1.49. The van der Waals surface area contributed by atoms with Crippen LogP contribution in [-0.2, 0) is 16.5 Å². The molecule has 1 rings (SSSR count). The molecule has 1 aromatic heterocycles. The van der Waals surface area contributed by atoms with E-state index < -0.39 is 24.0 Å². The van der Waals surface area contributed by atoms with Gasteiger partial charge in [0.05, 0.1) is 0 Å². The molecule has 0 aliphatic rings. The van der Waals surface area contributed by atoms with Crippen molar-refractivity contribution in [2.45, 2.75) is 50.5 Å². The summed E-state index contributed by atoms with van der Waals surface area (Å²) in [5.74, 6) is -0.689. The van der Waals surface area contributed by atoms with Gasteiger partial charge in [-0.3, -0.25) is 0 Å². The molecule has 0 aliphatic carbocycles. The number of rotatable bonds is 5. The van der Waals surface area contributed by atoms with E-state index in [4.69, 9.17) is 4.78 Å². The number of aromatic nitrogens is 1. The Labute approximate surface area is 134 Å². The summed E-state index contributed by atoms with van der Waals surface area (Å²) in [4.78, 5) is 5.86. The first kappa shape index (κ1) is 19.2. The van der Waals surface area contributed by atoms with Crippen molar-refractivity contribution in [3.63, 3.8) is 0 Å². The molecule has 0 amide bonds. The minimum absolute atomic E-state index is 0.113. The van der Waals surface area contributed by atoms with Crippen LogP contribution in [0.5, 0.6) is 0 Å². The molecule has 0 fully saturated rings. The fourth-order valence-corrected chi connectivity index (χ4v) is 6.71. The smallest absolute Gasteiger partial charge is 0.185 e. The van der Waals surface area contributed by atoms with Gasteiger partial charge in [0.1, 0.15) is 18.2 Å². The van der Waals surface area contributed by atoms with E-state index in [0.29, 0.717) is 12.1 Å². The van der Waals surface area contributed by atoms with Gasteiger partial charge in [-0.25, -0.2) is 22.8 Å². The van der Waals surface area contributed by atoms with Gasteiger partial charge in [0, 0.05) is 12.7 Å². The summed E-state index contributed by atoms with van der Waals surface area (Å²) >= 11 is 0. The van der Waals surface area contributed by atoms with Crippen molar-refractivity contribution in [2.75, 3.05) is 14.1 Å². The predicted octanol–water partition coefficient (Wildman–Crippen LogP) is 3.20. The van der Waals surface area contributed by atoms with Crippen LogP contribution in [0.25, 0.3) is 0 Å². The van der Waals surface area contributed by atoms with Crippen molar-refractivity contribution < 1.29 is 8.60 Å². The first-order chi connectivity index (χ1) is 9.76. The normalized spacial score (nSPS) is 15.9. The van der Waals surface area contributed by atoms with Gasteiger partial charge in [0.2, 0.25) is 0 Å². The third-order valence-corrected chi connectivity index (χ3v) is 11.7. The molecule has 0 saturated heterocycles. The molecular weight excluding hydrogens is 319 g/mol. The quantitative estimate of drug-likeness (QED) is 0.805. The van der Waals surface area contributed by atoms with Crippen LogP contribution in [0.4, 0.5) is 4.39 Å². The SMILES string of the molecule is CN(C)Cc1cnc(S(=N)(=O)N[Si](C)(C)C(C)(C)C)c(F)c1. The summed E-state index contributed by atoms with van der Waals surface area (Å²) in [6.45, 7) is 10.6. The molecule has 0 bridgehead atoms. The predicted molar refractivity (Wildman–Crippen MR) is 91.0 cm³/mol. The highest BCUT2D eigenvalue weighted by Gasteiger charge is 2.39. The monoisotopic (exact) mass is 346 g/mol. The number of halogens is 1. The van der Waals surface area contributed by atoms with E-state index in [1.807, 2.05) is 52.9 Å². The Morgan fingerprint density at radius 1 is 1.41 bits per heavy atom. The van der Waals surface area contributed by atoms with Crippen molar-refractivity contribution in [1.29, 1.82) is 4.78 Å². The molecule has 0 saturated carbocycles. The van der Waals surface area contributed by atoms with E-state index in [-0.39, 0.29) is 10.1 Å². The van der Waals surface area contributed by atoms with E-state index in [1.165, 1.54) is 12.3 Å². The molecule has 1 aromatic rings. The van der Waals surface area contributed by atoms with E-state index >= 15 is 0 Å². The summed E-state index contributed by atoms with van der Waals surface area (Å²) in [5, 5.41) is -0.419. The van der Waals surface area contributed by atoms with E-state index in [0.717, 1.165) is 0 Å². The van der Waals surface area contributed by atoms with Crippen molar-refractivity contribution in [1.82, 2.24) is 14.3 Å². The van der Waals surface area contributed by atoms with Gasteiger partial charge >= 0.3 is 0 Å². The molecule has 5 nitrogen and oxygen atoms in total. The maximum absolute atomic E-state index is 14.3. The summed E-state index contributed by atoms with van der Waals surface area (Å²) in [5.41, 5.74) is 0.689. The van der Waals surface area contributed by atoms with E-state index in [9.17, 15) is 8.60 Å². The number of pyridine rings is 1. The van der Waals surface area contributed by atoms with Gasteiger partial charge in [-0.15, -0.1) is 0 Å². The van der Waals surface area contributed by atoms with Crippen molar-refractivity contribution >= 4 is 18.2 Å². The van der Waals surface area contributed by atoms with Crippen LogP contribution < -0.4 is 4.39 Å². The molecule has 22 heavy (non-hydrogen) atoms. The molecule has 8 heteroatoms. The van der Waals surface area contributed by atoms with Crippen molar-refractivity contribution in [2.24, 2.45) is 0 Å². The molecule has 1 heterocycles. The maximum atomic E-state index is 14.3. The lowest BCUT2D eigenvalue weighted by atomic mass is 10.2. The summed E-state index contributed by atoms with van der Waals surface area (Å²) < 4.78 is 37.9. The Hall–Kier alpha value is -0.833. The Kier molecular flexibility index (Phi) is 5.54. The average molecular weight is 347 g/mol. The number of hydrogen-bond donors (Lipinski definition) is 2. The Morgan fingerprint density at radius 2 is 1.95 bits per heavy atom. The minimum Gasteiger partial charge on any atom is -0.305 e. The van der Waals surface area contributed by atoms with Gasteiger partial charge < -0.3 is 4.90 Å². The lowest BCUT2D eigenvalue weighted by Gasteiger charge is -2.37. The van der Waals surface area contributed by atoms with E-state index in [2.05, 4.69) is 9.37 Å². The molecule has 0 spiro atoms. The first-order valence-corrected chi connectivity index (χ1v) is 11.7. The zero-order valence-electron chi connectivity index (χ0n) is 14.5. The maximum Gasteiger partial charge on any atom is 0.185 e. The molecule has 0 aromatic carbocycles. The summed E-state index contributed by atoms with van der Waals surface area (Å²) in [7, 11) is -1.93. The molecule has 1 atom stereocenters. The fraction of sp³-hybridized carbons (Fsp3) is 0.643. The molecule has 2 N–H and O–H groups in total. The van der Waals surface area contributed by atoms with Gasteiger partial charge in [-0.05, 0) is 30.8 Å². The zero-order chi connectivity index (χ0) is 17.3. The number of nitrogens with one attached hydrogen (secondary N) is 2. The molecule has 0 radical (unpaired) electrons. The summed E-state index contributed by atoms with van der Waals surface area (Å²) in [6, 6.07) is 1.31. The number of nitrogens with zero attached hydrogens (tertiary/aromatic N) is 2. The lowest BCUT2D eigenvalue weighted by Crippen LogP contribution is -2.54. The molecule has 1 unspecified atom stereocenters. The number of hydrogen-bond acceptors (Lipinski definition) is 4. The van der Waals surface area contributed by atoms with Crippen LogP contribution in [0, 0.1) is 10.6 Å². The standard InChI is InChI=1S/C14H27FN4OSSi/c1-14(2,3)22(6,7)18-21(16,20)13-12(15)8-11(9-17-13)10-19(4)5/h8-9H,10H2,1-7H3,(H2,16,18,20). The highest BCUT2D eigenvalue weighted by atomic mass is 32.2. The second-order valence-corrected chi connectivity index (χ2v) is 14.5. The van der Waals surface area contributed by atoms with Crippen LogP contribution >= 0.6 is 0 Å². The highest BCUT2D eigenvalue weighted by Crippen LogP contribution is 2.35. The second-order valence-electron chi connectivity index (χ2n) is 7.40. The molecule has 126 valence electrons. The van der Waals surface area contributed by atoms with Gasteiger partial charge in [-0.2, -0.15) is 0 Å². The van der Waals surface area contributed by atoms with Gasteiger partial charge in [0.25, 0.3) is 0 Å². The van der Waals surface area contributed by atoms with Gasteiger partial charge in [0.15, 0.2) is 10.8 Å². The third kappa shape index (κ3) is 4.58. The van der Waals surface area contributed by atoms with Crippen LogP contribution in [0.2, 0.25) is 18.1 Å².